The van der Waals surface area contributed by atoms with Crippen LogP contribution in [0.5, 0.6) is 0 Å². The molecular formula is C37H66N2O9S4. The van der Waals surface area contributed by atoms with Crippen molar-refractivity contribution in [2.45, 2.75) is 154 Å². The van der Waals surface area contributed by atoms with Crippen molar-refractivity contribution in [3.63, 3.8) is 0 Å². The van der Waals surface area contributed by atoms with Gasteiger partial charge in [-0.05, 0) is 45.3 Å². The number of carbonyl (C=O) groups excluding carboxylic acids is 3. The van der Waals surface area contributed by atoms with Gasteiger partial charge < -0.3 is 24.4 Å². The molecule has 0 heterocycles. The fourth-order valence-corrected chi connectivity index (χ4v) is 9.29. The van der Waals surface area contributed by atoms with E-state index >= 15 is 0 Å². The predicted octanol–water partition coefficient (Wildman–Crippen LogP) is 8.44. The van der Waals surface area contributed by atoms with Crippen molar-refractivity contribution in [3.8, 4) is 0 Å². The van der Waals surface area contributed by atoms with Crippen LogP contribution in [0.25, 0.3) is 4.85 Å². The molecule has 0 rings (SSSR count). The van der Waals surface area contributed by atoms with Crippen molar-refractivity contribution in [3.05, 3.63) is 11.4 Å². The number of esters is 2. The highest BCUT2D eigenvalue weighted by atomic mass is 32.2. The SMILES string of the molecule is [C-]#[N+]C(C)(C)CC(CC(CC(SC(=S)SCCCCCCCCCCCC)C(=O)NC(C)(C)CS(=O)(=O)O)C(=O)OCCCC)C(=O)OCCOC. The second-order valence-electron chi connectivity index (χ2n) is 14.7. The Morgan fingerprint density at radius 2 is 1.37 bits per heavy atom. The third-order valence-corrected chi connectivity index (χ3v) is 12.3. The molecule has 52 heavy (non-hydrogen) atoms. The molecule has 1 amide bonds. The van der Waals surface area contributed by atoms with Crippen LogP contribution in [0.1, 0.15) is 138 Å². The number of carbonyl (C=O) groups is 3. The summed E-state index contributed by atoms with van der Waals surface area (Å²) in [5, 5.41) is 1.77. The number of rotatable bonds is 30. The van der Waals surface area contributed by atoms with E-state index in [-0.39, 0.29) is 39.1 Å². The molecule has 0 radical (unpaired) electrons. The van der Waals surface area contributed by atoms with Gasteiger partial charge in [0.05, 0.1) is 41.6 Å². The quantitative estimate of drug-likeness (QED) is 0.0236. The van der Waals surface area contributed by atoms with Crippen molar-refractivity contribution < 1.29 is 41.6 Å². The lowest BCUT2D eigenvalue weighted by Crippen LogP contribution is -2.51. The number of thioether (sulfide) groups is 2. The smallest absolute Gasteiger partial charge is 0.309 e. The van der Waals surface area contributed by atoms with Gasteiger partial charge in [-0.1, -0.05) is 102 Å². The summed E-state index contributed by atoms with van der Waals surface area (Å²) in [6.45, 7) is 18.6. The Bertz CT molecular complexity index is 1210. The highest BCUT2D eigenvalue weighted by molar-refractivity contribution is 8.47. The summed E-state index contributed by atoms with van der Waals surface area (Å²) in [5.41, 5.74) is -2.27. The minimum atomic E-state index is -4.42. The largest absolute Gasteiger partial charge is 0.465 e. The van der Waals surface area contributed by atoms with E-state index in [1.807, 2.05) is 6.92 Å². The van der Waals surface area contributed by atoms with Gasteiger partial charge in [0, 0.05) is 27.4 Å². The third kappa shape index (κ3) is 26.4. The average Bonchev–Trinajstić information content (AvgIpc) is 3.04. The Labute approximate surface area is 328 Å². The molecule has 0 aromatic rings. The Morgan fingerprint density at radius 1 is 0.827 bits per heavy atom. The van der Waals surface area contributed by atoms with Crippen molar-refractivity contribution in [2.75, 3.05) is 38.4 Å². The van der Waals surface area contributed by atoms with E-state index in [9.17, 15) is 27.4 Å². The van der Waals surface area contributed by atoms with Crippen LogP contribution in [-0.4, -0.2) is 89.1 Å². The first-order valence-corrected chi connectivity index (χ1v) is 22.6. The zero-order chi connectivity index (χ0) is 39.6. The number of nitrogens with zero attached hydrogens (tertiary/aromatic N) is 1. The molecule has 3 unspecified atom stereocenters. The second-order valence-corrected chi connectivity index (χ2v) is 19.6. The first-order chi connectivity index (χ1) is 24.4. The first-order valence-electron chi connectivity index (χ1n) is 18.7. The molecule has 0 spiro atoms. The molecule has 11 nitrogen and oxygen atoms in total. The summed E-state index contributed by atoms with van der Waals surface area (Å²) in [6, 6.07) is 0. The van der Waals surface area contributed by atoms with Gasteiger partial charge in [-0.25, -0.2) is 6.57 Å². The second kappa shape index (κ2) is 28.0. The Kier molecular flexibility index (Phi) is 27.3. The lowest BCUT2D eigenvalue weighted by Gasteiger charge is -2.29. The molecule has 15 heteroatoms. The number of amides is 1. The molecular weight excluding hydrogens is 745 g/mol. The molecule has 302 valence electrons. The van der Waals surface area contributed by atoms with Crippen molar-refractivity contribution >= 4 is 67.2 Å². The summed E-state index contributed by atoms with van der Waals surface area (Å²) < 4.78 is 49.5. The van der Waals surface area contributed by atoms with E-state index in [0.717, 1.165) is 43.2 Å². The number of ether oxygens (including phenoxy) is 3. The number of unbranched alkanes of at least 4 members (excludes halogenated alkanes) is 10. The first kappa shape index (κ1) is 50.6. The van der Waals surface area contributed by atoms with Crippen LogP contribution in [-0.2, 0) is 38.7 Å². The Balaban J connectivity index is 6.06. The number of methoxy groups -OCH3 is 1. The molecule has 0 aliphatic carbocycles. The van der Waals surface area contributed by atoms with Crippen molar-refractivity contribution in [1.29, 1.82) is 0 Å². The summed E-state index contributed by atoms with van der Waals surface area (Å²) in [7, 11) is -2.94. The van der Waals surface area contributed by atoms with Crippen LogP contribution in [0, 0.1) is 18.4 Å². The van der Waals surface area contributed by atoms with Gasteiger partial charge in [0.2, 0.25) is 11.4 Å². The van der Waals surface area contributed by atoms with E-state index in [4.69, 9.17) is 33.0 Å². The topological polar surface area (TPSA) is 150 Å². The lowest BCUT2D eigenvalue weighted by molar-refractivity contribution is -0.154. The van der Waals surface area contributed by atoms with E-state index in [1.54, 1.807) is 13.8 Å². The average molecular weight is 811 g/mol. The molecule has 0 aliphatic rings. The summed E-state index contributed by atoms with van der Waals surface area (Å²) in [6.07, 6.45) is 13.5. The fourth-order valence-electron chi connectivity index (χ4n) is 5.59. The molecule has 0 saturated carbocycles. The number of thiocarbonyl (C=S) groups is 1. The van der Waals surface area contributed by atoms with Gasteiger partial charge in [0.25, 0.3) is 10.1 Å². The fraction of sp³-hybridized carbons (Fsp3) is 0.865. The molecule has 0 fully saturated rings. The van der Waals surface area contributed by atoms with E-state index < -0.39 is 61.9 Å². The highest BCUT2D eigenvalue weighted by Crippen LogP contribution is 2.34. The molecule has 0 bridgehead atoms. The molecule has 0 aromatic heterocycles. The predicted molar refractivity (Wildman–Crippen MR) is 217 cm³/mol. The zero-order valence-corrected chi connectivity index (χ0v) is 35.9. The highest BCUT2D eigenvalue weighted by Gasteiger charge is 2.39. The maximum atomic E-state index is 13.9. The Morgan fingerprint density at radius 3 is 1.90 bits per heavy atom. The van der Waals surface area contributed by atoms with Crippen LogP contribution >= 0.6 is 35.7 Å². The number of nitrogens with one attached hydrogen (secondary N) is 1. The molecule has 0 aliphatic heterocycles. The van der Waals surface area contributed by atoms with Gasteiger partial charge in [-0.15, -0.1) is 11.8 Å². The van der Waals surface area contributed by atoms with Gasteiger partial charge in [-0.2, -0.15) is 8.42 Å². The van der Waals surface area contributed by atoms with E-state index in [0.29, 0.717) is 9.95 Å². The van der Waals surface area contributed by atoms with Gasteiger partial charge in [0.15, 0.2) is 0 Å². The summed E-state index contributed by atoms with van der Waals surface area (Å²) in [4.78, 5) is 44.5. The molecule has 2 N–H and O–H groups in total. The van der Waals surface area contributed by atoms with Crippen LogP contribution in [0.2, 0.25) is 0 Å². The maximum absolute atomic E-state index is 13.9. The van der Waals surface area contributed by atoms with Crippen molar-refractivity contribution in [2.24, 2.45) is 11.8 Å². The molecule has 3 atom stereocenters. The summed E-state index contributed by atoms with van der Waals surface area (Å²) >= 11 is 8.29. The van der Waals surface area contributed by atoms with Crippen LogP contribution in [0.3, 0.4) is 0 Å². The molecule has 0 saturated heterocycles. The monoisotopic (exact) mass is 810 g/mol. The normalized spacial score (nSPS) is 13.8. The van der Waals surface area contributed by atoms with Crippen LogP contribution < -0.4 is 5.32 Å². The van der Waals surface area contributed by atoms with E-state index in [2.05, 4.69) is 17.1 Å². The number of hydrogen-bond donors (Lipinski definition) is 2. The minimum absolute atomic E-state index is 0.00413. The third-order valence-electron chi connectivity index (χ3n) is 8.31. The van der Waals surface area contributed by atoms with Gasteiger partial charge in [-0.3, -0.25) is 18.9 Å². The minimum Gasteiger partial charge on any atom is -0.465 e. The van der Waals surface area contributed by atoms with Gasteiger partial charge >= 0.3 is 11.9 Å². The van der Waals surface area contributed by atoms with E-state index in [1.165, 1.54) is 77.7 Å². The standard InChI is InChI=1S/C37H66N2O9S4/c1-9-11-13-14-15-16-17-18-19-20-24-50-35(49)51-31(32(40)39-37(5,6)28-52(43,44)45)26-29(33(41)47-21-12-10-2)25-30(27-36(3,4)38-7)34(42)48-23-22-46-8/h29-31H,9-28H2,1-6,8H3,(H,39,40)(H,43,44,45). The lowest BCUT2D eigenvalue weighted by atomic mass is 9.83. The van der Waals surface area contributed by atoms with Crippen molar-refractivity contribution in [1.82, 2.24) is 5.32 Å². The van der Waals surface area contributed by atoms with Crippen LogP contribution in [0.4, 0.5) is 0 Å². The Hall–Kier alpha value is -1.44. The van der Waals surface area contributed by atoms with Crippen LogP contribution in [0.15, 0.2) is 0 Å². The number of hydrogen-bond acceptors (Lipinski definition) is 11. The summed E-state index contributed by atoms with van der Waals surface area (Å²) in [5.74, 6) is -3.46. The van der Waals surface area contributed by atoms with Gasteiger partial charge in [0.1, 0.15) is 10.1 Å². The maximum Gasteiger partial charge on any atom is 0.309 e. The zero-order valence-electron chi connectivity index (χ0n) is 32.7. The molecule has 0 aromatic carbocycles.